The molecular formula is C17H19N3O3. The Kier molecular flexibility index (Phi) is 4.32. The van der Waals surface area contributed by atoms with Crippen LogP contribution in [-0.4, -0.2) is 47.5 Å². The minimum absolute atomic E-state index is 0.0268. The van der Waals surface area contributed by atoms with Crippen LogP contribution in [0.1, 0.15) is 10.5 Å². The number of fused-ring (bicyclic) bond motifs is 1. The highest BCUT2D eigenvalue weighted by Crippen LogP contribution is 2.16. The van der Waals surface area contributed by atoms with Crippen molar-refractivity contribution in [3.63, 3.8) is 0 Å². The van der Waals surface area contributed by atoms with E-state index in [9.17, 15) is 9.59 Å². The molecule has 1 aliphatic heterocycles. The number of ether oxygens (including phenoxy) is 1. The van der Waals surface area contributed by atoms with E-state index in [1.165, 1.54) is 0 Å². The molecule has 0 saturated carbocycles. The Balaban J connectivity index is 1.50. The number of benzene rings is 1. The lowest BCUT2D eigenvalue weighted by Gasteiger charge is -2.33. The maximum absolute atomic E-state index is 12.2. The Morgan fingerprint density at radius 1 is 1.26 bits per heavy atom. The number of nitrogens with one attached hydrogen (secondary N) is 1. The number of aromatic nitrogens is 1. The molecule has 2 heterocycles. The van der Waals surface area contributed by atoms with Gasteiger partial charge in [0.05, 0.1) is 6.04 Å². The molecule has 0 radical (unpaired) electrons. The number of hydrogen-bond acceptors (Lipinski definition) is 3. The summed E-state index contributed by atoms with van der Waals surface area (Å²) in [5.41, 5.74) is 0.683. The topological polar surface area (TPSA) is 63.6 Å². The van der Waals surface area contributed by atoms with Gasteiger partial charge in [-0.15, -0.1) is 0 Å². The summed E-state index contributed by atoms with van der Waals surface area (Å²) in [6.07, 6.45) is 1.88. The second-order valence-electron chi connectivity index (χ2n) is 5.52. The number of hydrogen-bond donors (Lipinski definition) is 1. The molecule has 0 aliphatic carbocycles. The third kappa shape index (κ3) is 3.36. The molecule has 23 heavy (non-hydrogen) atoms. The monoisotopic (exact) mass is 313 g/mol. The molecule has 1 atom stereocenters. The van der Waals surface area contributed by atoms with Crippen LogP contribution in [0.4, 0.5) is 0 Å². The second kappa shape index (κ2) is 6.56. The zero-order valence-electron chi connectivity index (χ0n) is 12.9. The predicted molar refractivity (Wildman–Crippen MR) is 85.3 cm³/mol. The molecule has 2 aromatic rings. The van der Waals surface area contributed by atoms with Crippen molar-refractivity contribution in [2.45, 2.75) is 12.6 Å². The Morgan fingerprint density at radius 2 is 2.04 bits per heavy atom. The van der Waals surface area contributed by atoms with Crippen molar-refractivity contribution in [1.82, 2.24) is 14.8 Å². The molecule has 3 rings (SSSR count). The van der Waals surface area contributed by atoms with Crippen molar-refractivity contribution < 1.29 is 14.3 Å². The first-order valence-corrected chi connectivity index (χ1v) is 7.52. The van der Waals surface area contributed by atoms with Gasteiger partial charge in [0.1, 0.15) is 11.4 Å². The summed E-state index contributed by atoms with van der Waals surface area (Å²) in [7, 11) is 1.76. The molecule has 6 nitrogen and oxygen atoms in total. The number of carbonyl (C=O) groups is 2. The fraction of sp³-hybridized carbons (Fsp3) is 0.294. The molecule has 1 unspecified atom stereocenters. The lowest BCUT2D eigenvalue weighted by molar-refractivity contribution is -0.123. The average molecular weight is 313 g/mol. The number of para-hydroxylation sites is 1. The highest BCUT2D eigenvalue weighted by Gasteiger charge is 2.29. The molecule has 0 fully saturated rings. The smallest absolute Gasteiger partial charge is 0.270 e. The highest BCUT2D eigenvalue weighted by molar-refractivity contribution is 5.93. The number of amides is 2. The van der Waals surface area contributed by atoms with Crippen molar-refractivity contribution in [3.05, 3.63) is 54.4 Å². The van der Waals surface area contributed by atoms with Crippen LogP contribution < -0.4 is 10.1 Å². The molecule has 0 bridgehead atoms. The zero-order valence-corrected chi connectivity index (χ0v) is 12.9. The van der Waals surface area contributed by atoms with Crippen LogP contribution in [0.15, 0.2) is 48.7 Å². The van der Waals surface area contributed by atoms with Crippen LogP contribution in [0.5, 0.6) is 5.75 Å². The molecule has 1 aliphatic rings. The summed E-state index contributed by atoms with van der Waals surface area (Å²) in [5, 5.41) is 2.83. The van der Waals surface area contributed by atoms with Gasteiger partial charge in [-0.1, -0.05) is 18.2 Å². The molecule has 1 N–H and O–H groups in total. The SMILES string of the molecule is CN1C(=O)c2cccn2CC1CNC(=O)COc1ccccc1. The van der Waals surface area contributed by atoms with Crippen molar-refractivity contribution >= 4 is 11.8 Å². The molecule has 1 aromatic carbocycles. The van der Waals surface area contributed by atoms with Crippen molar-refractivity contribution in [3.8, 4) is 5.75 Å². The Bertz CT molecular complexity index is 696. The normalized spacial score (nSPS) is 16.8. The average Bonchev–Trinajstić information content (AvgIpc) is 3.04. The molecular weight excluding hydrogens is 294 g/mol. The largest absolute Gasteiger partial charge is 0.484 e. The van der Waals surface area contributed by atoms with Gasteiger partial charge >= 0.3 is 0 Å². The van der Waals surface area contributed by atoms with Crippen LogP contribution in [-0.2, 0) is 11.3 Å². The van der Waals surface area contributed by atoms with E-state index in [0.29, 0.717) is 24.5 Å². The summed E-state index contributed by atoms with van der Waals surface area (Å²) >= 11 is 0. The van der Waals surface area contributed by atoms with E-state index in [1.807, 2.05) is 35.0 Å². The fourth-order valence-electron chi connectivity index (χ4n) is 2.61. The zero-order chi connectivity index (χ0) is 16.2. The van der Waals surface area contributed by atoms with Gasteiger partial charge in [0.2, 0.25) is 0 Å². The summed E-state index contributed by atoms with van der Waals surface area (Å²) in [4.78, 5) is 25.8. The Morgan fingerprint density at radius 3 is 2.83 bits per heavy atom. The number of rotatable bonds is 5. The van der Waals surface area contributed by atoms with Crippen LogP contribution in [0, 0.1) is 0 Å². The lowest BCUT2D eigenvalue weighted by Crippen LogP contribution is -2.51. The Hall–Kier alpha value is -2.76. The van der Waals surface area contributed by atoms with Crippen molar-refractivity contribution in [2.24, 2.45) is 0 Å². The summed E-state index contributed by atoms with van der Waals surface area (Å²) in [6, 6.07) is 12.8. The van der Waals surface area contributed by atoms with E-state index in [1.54, 1.807) is 30.1 Å². The van der Waals surface area contributed by atoms with Gasteiger partial charge in [-0.25, -0.2) is 0 Å². The number of nitrogens with zero attached hydrogens (tertiary/aromatic N) is 2. The van der Waals surface area contributed by atoms with E-state index in [4.69, 9.17) is 4.74 Å². The first-order chi connectivity index (χ1) is 11.1. The third-order valence-corrected chi connectivity index (χ3v) is 3.97. The minimum Gasteiger partial charge on any atom is -0.484 e. The highest BCUT2D eigenvalue weighted by atomic mass is 16.5. The van der Waals surface area contributed by atoms with Gasteiger partial charge in [0, 0.05) is 26.3 Å². The maximum Gasteiger partial charge on any atom is 0.270 e. The lowest BCUT2D eigenvalue weighted by atomic mass is 10.1. The van der Waals surface area contributed by atoms with Crippen molar-refractivity contribution in [2.75, 3.05) is 20.2 Å². The van der Waals surface area contributed by atoms with Crippen LogP contribution in [0.2, 0.25) is 0 Å². The van der Waals surface area contributed by atoms with E-state index in [0.717, 1.165) is 0 Å². The van der Waals surface area contributed by atoms with E-state index >= 15 is 0 Å². The number of likely N-dealkylation sites (N-methyl/N-ethyl adjacent to an activating group) is 1. The van der Waals surface area contributed by atoms with Crippen LogP contribution in [0.3, 0.4) is 0 Å². The molecule has 6 heteroatoms. The van der Waals surface area contributed by atoms with E-state index < -0.39 is 0 Å². The van der Waals surface area contributed by atoms with Gasteiger partial charge in [-0.3, -0.25) is 9.59 Å². The van der Waals surface area contributed by atoms with Gasteiger partial charge in [-0.2, -0.15) is 0 Å². The van der Waals surface area contributed by atoms with Crippen molar-refractivity contribution in [1.29, 1.82) is 0 Å². The van der Waals surface area contributed by atoms with E-state index in [-0.39, 0.29) is 24.5 Å². The first kappa shape index (κ1) is 15.1. The molecule has 1 aromatic heterocycles. The molecule has 0 spiro atoms. The minimum atomic E-state index is -0.201. The molecule has 2 amide bonds. The van der Waals surface area contributed by atoms with Crippen LogP contribution in [0.25, 0.3) is 0 Å². The maximum atomic E-state index is 12.2. The standard InChI is InChI=1S/C17H19N3O3/c1-19-13(11-20-9-5-8-15(20)17(19)22)10-18-16(21)12-23-14-6-3-2-4-7-14/h2-9,13H,10-12H2,1H3,(H,18,21). The fourth-order valence-corrected chi connectivity index (χ4v) is 2.61. The van der Waals surface area contributed by atoms with Gasteiger partial charge in [0.25, 0.3) is 11.8 Å². The summed E-state index contributed by atoms with van der Waals surface area (Å²) in [5.74, 6) is 0.429. The van der Waals surface area contributed by atoms with E-state index in [2.05, 4.69) is 5.32 Å². The second-order valence-corrected chi connectivity index (χ2v) is 5.52. The number of carbonyl (C=O) groups excluding carboxylic acids is 2. The Labute approximate surface area is 134 Å². The summed E-state index contributed by atoms with van der Waals surface area (Å²) < 4.78 is 7.32. The van der Waals surface area contributed by atoms with Crippen LogP contribution >= 0.6 is 0 Å². The van der Waals surface area contributed by atoms with Gasteiger partial charge in [0.15, 0.2) is 6.61 Å². The quantitative estimate of drug-likeness (QED) is 0.900. The molecule has 120 valence electrons. The van der Waals surface area contributed by atoms with Gasteiger partial charge in [-0.05, 0) is 24.3 Å². The molecule has 0 saturated heterocycles. The summed E-state index contributed by atoms with van der Waals surface area (Å²) in [6.45, 7) is 1.03. The predicted octanol–water partition coefficient (Wildman–Crippen LogP) is 1.14. The first-order valence-electron chi connectivity index (χ1n) is 7.52. The third-order valence-electron chi connectivity index (χ3n) is 3.97. The van der Waals surface area contributed by atoms with Gasteiger partial charge < -0.3 is 19.5 Å².